The van der Waals surface area contributed by atoms with Crippen LogP contribution in [0.5, 0.6) is 0 Å². The SMILES string of the molecule is CC(CN1CCC(NC(=O)C2CCC2)CC1)c1ccc(C(=O)c2ccccc2)cc1. The highest BCUT2D eigenvalue weighted by atomic mass is 16.2. The molecule has 0 spiro atoms. The molecule has 2 aromatic rings. The van der Waals surface area contributed by atoms with E-state index in [0.29, 0.717) is 12.0 Å². The van der Waals surface area contributed by atoms with Gasteiger partial charge in [-0.1, -0.05) is 67.9 Å². The Hall–Kier alpha value is -2.46. The van der Waals surface area contributed by atoms with E-state index in [1.165, 1.54) is 12.0 Å². The molecular weight excluding hydrogens is 372 g/mol. The molecule has 1 atom stereocenters. The van der Waals surface area contributed by atoms with E-state index in [9.17, 15) is 9.59 Å². The van der Waals surface area contributed by atoms with Crippen LogP contribution in [0.4, 0.5) is 0 Å². The lowest BCUT2D eigenvalue weighted by Crippen LogP contribution is -2.47. The van der Waals surface area contributed by atoms with E-state index in [-0.39, 0.29) is 17.6 Å². The van der Waals surface area contributed by atoms with Crippen molar-refractivity contribution in [2.24, 2.45) is 5.92 Å². The second-order valence-corrected chi connectivity index (χ2v) is 8.93. The summed E-state index contributed by atoms with van der Waals surface area (Å²) in [6, 6.07) is 17.8. The minimum Gasteiger partial charge on any atom is -0.353 e. The molecule has 0 bridgehead atoms. The van der Waals surface area contributed by atoms with E-state index in [0.717, 1.165) is 56.4 Å². The zero-order valence-electron chi connectivity index (χ0n) is 17.8. The number of likely N-dealkylation sites (tertiary alicyclic amines) is 1. The molecule has 0 aromatic heterocycles. The summed E-state index contributed by atoms with van der Waals surface area (Å²) in [7, 11) is 0. The van der Waals surface area contributed by atoms with Gasteiger partial charge in [-0.05, 0) is 37.2 Å². The van der Waals surface area contributed by atoms with Crippen molar-refractivity contribution in [2.45, 2.75) is 51.0 Å². The highest BCUT2D eigenvalue weighted by Crippen LogP contribution is 2.27. The van der Waals surface area contributed by atoms with Gasteiger partial charge in [-0.15, -0.1) is 0 Å². The van der Waals surface area contributed by atoms with Crippen LogP contribution in [0.3, 0.4) is 0 Å². The molecule has 1 saturated carbocycles. The number of carbonyl (C=O) groups excluding carboxylic acids is 2. The molecule has 1 saturated heterocycles. The first-order chi connectivity index (χ1) is 14.6. The highest BCUT2D eigenvalue weighted by molar-refractivity contribution is 6.08. The van der Waals surface area contributed by atoms with E-state index in [4.69, 9.17) is 0 Å². The van der Waals surface area contributed by atoms with Crippen molar-refractivity contribution in [3.63, 3.8) is 0 Å². The van der Waals surface area contributed by atoms with Gasteiger partial charge in [0.2, 0.25) is 5.91 Å². The zero-order valence-corrected chi connectivity index (χ0v) is 17.8. The summed E-state index contributed by atoms with van der Waals surface area (Å²) in [5.74, 6) is 1.03. The molecule has 0 radical (unpaired) electrons. The maximum atomic E-state index is 12.6. The van der Waals surface area contributed by atoms with Gasteiger partial charge >= 0.3 is 0 Å². The lowest BCUT2D eigenvalue weighted by Gasteiger charge is -2.35. The largest absolute Gasteiger partial charge is 0.353 e. The number of hydrogen-bond donors (Lipinski definition) is 1. The van der Waals surface area contributed by atoms with Crippen LogP contribution in [0.25, 0.3) is 0 Å². The number of carbonyl (C=O) groups is 2. The van der Waals surface area contributed by atoms with E-state index in [2.05, 4.69) is 29.3 Å². The highest BCUT2D eigenvalue weighted by Gasteiger charge is 2.28. The number of ketones is 1. The Bertz CT molecular complexity index is 850. The van der Waals surface area contributed by atoms with Crippen LogP contribution in [0.15, 0.2) is 54.6 Å². The molecule has 1 amide bonds. The summed E-state index contributed by atoms with van der Waals surface area (Å²) in [5, 5.41) is 3.26. The molecule has 2 aliphatic rings. The third kappa shape index (κ3) is 4.99. The van der Waals surface area contributed by atoms with Crippen molar-refractivity contribution in [1.29, 1.82) is 0 Å². The molecule has 2 fully saturated rings. The second-order valence-electron chi connectivity index (χ2n) is 8.93. The Kier molecular flexibility index (Phi) is 6.63. The molecule has 4 heteroatoms. The maximum absolute atomic E-state index is 12.6. The van der Waals surface area contributed by atoms with Gasteiger partial charge in [-0.25, -0.2) is 0 Å². The van der Waals surface area contributed by atoms with Gasteiger partial charge in [0.05, 0.1) is 0 Å². The van der Waals surface area contributed by atoms with E-state index < -0.39 is 0 Å². The standard InChI is InChI=1S/C26H32N2O2/c1-19(18-28-16-14-24(15-17-28)27-26(30)23-8-5-9-23)20-10-12-22(13-11-20)25(29)21-6-3-2-4-7-21/h2-4,6-7,10-13,19,23-24H,5,8-9,14-18H2,1H3,(H,27,30). The molecule has 4 rings (SSSR count). The summed E-state index contributed by atoms with van der Waals surface area (Å²) < 4.78 is 0. The Morgan fingerprint density at radius 3 is 2.17 bits per heavy atom. The van der Waals surface area contributed by atoms with Gasteiger partial charge in [0.15, 0.2) is 5.78 Å². The average molecular weight is 405 g/mol. The van der Waals surface area contributed by atoms with Crippen LogP contribution in [-0.4, -0.2) is 42.3 Å². The minimum absolute atomic E-state index is 0.0702. The van der Waals surface area contributed by atoms with Crippen molar-refractivity contribution < 1.29 is 9.59 Å². The van der Waals surface area contributed by atoms with Crippen LogP contribution in [0.1, 0.15) is 66.4 Å². The minimum atomic E-state index is 0.0702. The summed E-state index contributed by atoms with van der Waals surface area (Å²) in [4.78, 5) is 27.2. The molecule has 4 nitrogen and oxygen atoms in total. The molecule has 158 valence electrons. The van der Waals surface area contributed by atoms with Gasteiger partial charge in [0, 0.05) is 42.7 Å². The predicted molar refractivity (Wildman–Crippen MR) is 120 cm³/mol. The lowest BCUT2D eigenvalue weighted by atomic mass is 9.84. The Morgan fingerprint density at radius 1 is 0.933 bits per heavy atom. The number of benzene rings is 2. The fourth-order valence-electron chi connectivity index (χ4n) is 4.46. The van der Waals surface area contributed by atoms with Crippen molar-refractivity contribution in [2.75, 3.05) is 19.6 Å². The van der Waals surface area contributed by atoms with Crippen LogP contribution in [0, 0.1) is 5.92 Å². The molecule has 1 N–H and O–H groups in total. The molecule has 1 aliphatic heterocycles. The average Bonchev–Trinajstić information content (AvgIpc) is 2.74. The quantitative estimate of drug-likeness (QED) is 0.696. The van der Waals surface area contributed by atoms with E-state index in [1.807, 2.05) is 42.5 Å². The van der Waals surface area contributed by atoms with Crippen molar-refractivity contribution in [3.05, 3.63) is 71.3 Å². The molecular formula is C26H32N2O2. The number of hydrogen-bond acceptors (Lipinski definition) is 3. The normalized spacial score (nSPS) is 19.1. The third-order valence-electron chi connectivity index (χ3n) is 6.72. The van der Waals surface area contributed by atoms with Crippen LogP contribution in [-0.2, 0) is 4.79 Å². The summed E-state index contributed by atoms with van der Waals surface area (Å²) >= 11 is 0. The molecule has 30 heavy (non-hydrogen) atoms. The van der Waals surface area contributed by atoms with Gasteiger partial charge in [-0.3, -0.25) is 9.59 Å². The Balaban J connectivity index is 1.25. The third-order valence-corrected chi connectivity index (χ3v) is 6.72. The molecule has 1 aliphatic carbocycles. The smallest absolute Gasteiger partial charge is 0.223 e. The topological polar surface area (TPSA) is 49.4 Å². The fraction of sp³-hybridized carbons (Fsp3) is 0.462. The summed E-state index contributed by atoms with van der Waals surface area (Å²) in [6.45, 7) is 5.32. The van der Waals surface area contributed by atoms with Gasteiger partial charge in [0.1, 0.15) is 0 Å². The summed E-state index contributed by atoms with van der Waals surface area (Å²) in [6.07, 6.45) is 5.41. The maximum Gasteiger partial charge on any atom is 0.223 e. The number of nitrogens with zero attached hydrogens (tertiary/aromatic N) is 1. The van der Waals surface area contributed by atoms with Crippen molar-refractivity contribution >= 4 is 11.7 Å². The Morgan fingerprint density at radius 2 is 1.57 bits per heavy atom. The first-order valence-electron chi connectivity index (χ1n) is 11.3. The fourth-order valence-corrected chi connectivity index (χ4v) is 4.46. The predicted octanol–water partition coefficient (Wildman–Crippen LogP) is 4.40. The lowest BCUT2D eigenvalue weighted by molar-refractivity contribution is -0.128. The Labute approximate surface area is 179 Å². The van der Waals surface area contributed by atoms with E-state index in [1.54, 1.807) is 0 Å². The molecule has 1 heterocycles. The van der Waals surface area contributed by atoms with Crippen molar-refractivity contribution in [1.82, 2.24) is 10.2 Å². The number of amides is 1. The summed E-state index contributed by atoms with van der Waals surface area (Å²) in [5.41, 5.74) is 2.73. The molecule has 2 aromatic carbocycles. The van der Waals surface area contributed by atoms with Gasteiger partial charge < -0.3 is 10.2 Å². The van der Waals surface area contributed by atoms with Gasteiger partial charge in [-0.2, -0.15) is 0 Å². The first kappa shape index (κ1) is 20.8. The van der Waals surface area contributed by atoms with Crippen LogP contribution in [0.2, 0.25) is 0 Å². The first-order valence-corrected chi connectivity index (χ1v) is 11.3. The number of piperidine rings is 1. The number of rotatable bonds is 7. The zero-order chi connectivity index (χ0) is 20.9. The van der Waals surface area contributed by atoms with Gasteiger partial charge in [0.25, 0.3) is 0 Å². The second kappa shape index (κ2) is 9.57. The molecule has 1 unspecified atom stereocenters. The van der Waals surface area contributed by atoms with Crippen LogP contribution >= 0.6 is 0 Å². The van der Waals surface area contributed by atoms with E-state index >= 15 is 0 Å². The number of nitrogens with one attached hydrogen (secondary N) is 1. The van der Waals surface area contributed by atoms with Crippen LogP contribution < -0.4 is 5.32 Å². The van der Waals surface area contributed by atoms with Crippen molar-refractivity contribution in [3.8, 4) is 0 Å². The monoisotopic (exact) mass is 404 g/mol.